The molecule has 0 aliphatic heterocycles. The normalized spacial score (nSPS) is 11.5. The van der Waals surface area contributed by atoms with Gasteiger partial charge in [-0.05, 0) is 6.07 Å². The van der Waals surface area contributed by atoms with Gasteiger partial charge in [0.15, 0.2) is 5.82 Å². The smallest absolute Gasteiger partial charge is 0.345 e. The van der Waals surface area contributed by atoms with E-state index in [-0.39, 0.29) is 16.8 Å². The van der Waals surface area contributed by atoms with Gasteiger partial charge in [0, 0.05) is 35.7 Å². The minimum atomic E-state index is -4.47. The van der Waals surface area contributed by atoms with E-state index in [1.807, 2.05) is 6.07 Å². The molecule has 0 bridgehead atoms. The summed E-state index contributed by atoms with van der Waals surface area (Å²) >= 11 is 0. The first-order valence-electron chi connectivity index (χ1n) is 5.76. The summed E-state index contributed by atoms with van der Waals surface area (Å²) < 4.78 is 38.2. The second-order valence-electron chi connectivity index (χ2n) is 4.23. The molecule has 5 nitrogen and oxygen atoms in total. The van der Waals surface area contributed by atoms with E-state index < -0.39 is 11.7 Å². The summed E-state index contributed by atoms with van der Waals surface area (Å²) in [5, 5.41) is 8.96. The Bertz CT molecular complexity index is 843. The molecule has 0 saturated heterocycles. The summed E-state index contributed by atoms with van der Waals surface area (Å²) in [4.78, 5) is 14.5. The van der Waals surface area contributed by atoms with Gasteiger partial charge in [0.05, 0.1) is 11.1 Å². The van der Waals surface area contributed by atoms with Crippen molar-refractivity contribution in [3.05, 3.63) is 42.0 Å². The minimum Gasteiger partial charge on any atom is -0.345 e. The molecule has 0 aliphatic rings. The van der Waals surface area contributed by atoms with E-state index in [1.165, 1.54) is 18.6 Å². The summed E-state index contributed by atoms with van der Waals surface area (Å²) in [5.74, 6) is 0.223. The van der Waals surface area contributed by atoms with Crippen molar-refractivity contribution in [2.75, 3.05) is 0 Å². The van der Waals surface area contributed by atoms with Crippen LogP contribution >= 0.6 is 0 Å². The molecule has 1 N–H and O–H groups in total. The molecule has 8 heteroatoms. The lowest BCUT2D eigenvalue weighted by atomic mass is 10.1. The van der Waals surface area contributed by atoms with Gasteiger partial charge in [-0.2, -0.15) is 18.4 Å². The molecule has 0 atom stereocenters. The molecule has 0 fully saturated rings. The summed E-state index contributed by atoms with van der Waals surface area (Å²) in [7, 11) is 0. The maximum atomic E-state index is 12.7. The molecule has 3 aromatic rings. The van der Waals surface area contributed by atoms with Crippen LogP contribution in [0.4, 0.5) is 13.2 Å². The van der Waals surface area contributed by atoms with Gasteiger partial charge in [-0.3, -0.25) is 0 Å². The van der Waals surface area contributed by atoms with Crippen molar-refractivity contribution in [2.24, 2.45) is 0 Å². The van der Waals surface area contributed by atoms with E-state index >= 15 is 0 Å². The van der Waals surface area contributed by atoms with Crippen molar-refractivity contribution in [3.8, 4) is 17.5 Å². The Morgan fingerprint density at radius 1 is 1.10 bits per heavy atom. The zero-order chi connectivity index (χ0) is 15.0. The molecule has 0 radical (unpaired) electrons. The second kappa shape index (κ2) is 4.56. The molecule has 3 heterocycles. The molecule has 0 amide bonds. The van der Waals surface area contributed by atoms with Gasteiger partial charge in [0.1, 0.15) is 11.7 Å². The van der Waals surface area contributed by atoms with Gasteiger partial charge in [-0.25, -0.2) is 15.0 Å². The number of fused-ring (bicyclic) bond motifs is 1. The van der Waals surface area contributed by atoms with Crippen LogP contribution in [0.2, 0.25) is 0 Å². The molecule has 0 aromatic carbocycles. The lowest BCUT2D eigenvalue weighted by Crippen LogP contribution is -2.05. The van der Waals surface area contributed by atoms with Gasteiger partial charge in [0.2, 0.25) is 0 Å². The molecular weight excluding hydrogens is 283 g/mol. The third-order valence-corrected chi connectivity index (χ3v) is 2.88. The monoisotopic (exact) mass is 289 g/mol. The average Bonchev–Trinajstić information content (AvgIpc) is 2.89. The highest BCUT2D eigenvalue weighted by Crippen LogP contribution is 2.33. The number of aromatic nitrogens is 4. The largest absolute Gasteiger partial charge is 0.417 e. The Morgan fingerprint density at radius 3 is 2.43 bits per heavy atom. The zero-order valence-electron chi connectivity index (χ0n) is 10.3. The average molecular weight is 289 g/mol. The number of alkyl halides is 3. The van der Waals surface area contributed by atoms with E-state index in [4.69, 9.17) is 5.26 Å². The van der Waals surface area contributed by atoms with Gasteiger partial charge < -0.3 is 4.98 Å². The van der Waals surface area contributed by atoms with Crippen LogP contribution in [-0.2, 0) is 6.18 Å². The first kappa shape index (κ1) is 13.1. The molecule has 21 heavy (non-hydrogen) atoms. The van der Waals surface area contributed by atoms with E-state index in [2.05, 4.69) is 19.9 Å². The van der Waals surface area contributed by atoms with Gasteiger partial charge in [-0.15, -0.1) is 0 Å². The molecule has 3 aromatic heterocycles. The number of hydrogen-bond acceptors (Lipinski definition) is 4. The van der Waals surface area contributed by atoms with Gasteiger partial charge in [-0.1, -0.05) is 0 Å². The lowest BCUT2D eigenvalue weighted by molar-refractivity contribution is -0.137. The summed E-state index contributed by atoms with van der Waals surface area (Å²) in [6.45, 7) is 0. The summed E-state index contributed by atoms with van der Waals surface area (Å²) in [6, 6.07) is 2.87. The standard InChI is InChI=1S/C13H6F3N5/c14-13(15,16)8-1-9-10(6-21-11(9)20-5-8)12-18-3-7(2-17)4-19-12/h1,3-6H,(H,20,21). The number of pyridine rings is 1. The Labute approximate surface area is 116 Å². The highest BCUT2D eigenvalue weighted by atomic mass is 19.4. The number of rotatable bonds is 1. The lowest BCUT2D eigenvalue weighted by Gasteiger charge is -2.06. The first-order chi connectivity index (χ1) is 9.99. The van der Waals surface area contributed by atoms with E-state index in [1.54, 1.807) is 0 Å². The van der Waals surface area contributed by atoms with E-state index in [0.717, 1.165) is 12.3 Å². The fourth-order valence-corrected chi connectivity index (χ4v) is 1.87. The van der Waals surface area contributed by atoms with Crippen LogP contribution in [0.1, 0.15) is 11.1 Å². The number of nitriles is 1. The number of nitrogens with zero attached hydrogens (tertiary/aromatic N) is 4. The Balaban J connectivity index is 2.16. The van der Waals surface area contributed by atoms with Gasteiger partial charge >= 0.3 is 6.18 Å². The van der Waals surface area contributed by atoms with Gasteiger partial charge in [0.25, 0.3) is 0 Å². The second-order valence-corrected chi connectivity index (χ2v) is 4.23. The van der Waals surface area contributed by atoms with Crippen LogP contribution < -0.4 is 0 Å². The molecule has 0 spiro atoms. The predicted octanol–water partition coefficient (Wildman–Crippen LogP) is 2.91. The quantitative estimate of drug-likeness (QED) is 0.747. The number of hydrogen-bond donors (Lipinski definition) is 1. The maximum Gasteiger partial charge on any atom is 0.417 e. The Kier molecular flexibility index (Phi) is 2.83. The fourth-order valence-electron chi connectivity index (χ4n) is 1.87. The van der Waals surface area contributed by atoms with Crippen LogP contribution in [0.15, 0.2) is 30.9 Å². The van der Waals surface area contributed by atoms with Crippen molar-refractivity contribution in [1.82, 2.24) is 19.9 Å². The topological polar surface area (TPSA) is 78.2 Å². The highest BCUT2D eigenvalue weighted by molar-refractivity contribution is 5.91. The molecular formula is C13H6F3N5. The van der Waals surface area contributed by atoms with Crippen LogP contribution in [0, 0.1) is 11.3 Å². The number of nitrogens with one attached hydrogen (secondary N) is 1. The van der Waals surface area contributed by atoms with Crippen molar-refractivity contribution in [3.63, 3.8) is 0 Å². The van der Waals surface area contributed by atoms with Crippen LogP contribution in [0.5, 0.6) is 0 Å². The first-order valence-corrected chi connectivity index (χ1v) is 5.76. The molecule has 0 saturated carbocycles. The highest BCUT2D eigenvalue weighted by Gasteiger charge is 2.31. The van der Waals surface area contributed by atoms with Crippen molar-refractivity contribution in [2.45, 2.75) is 6.18 Å². The maximum absolute atomic E-state index is 12.7. The fraction of sp³-hybridized carbons (Fsp3) is 0.0769. The Hall–Kier alpha value is -2.95. The number of aromatic amines is 1. The van der Waals surface area contributed by atoms with Crippen molar-refractivity contribution in [1.29, 1.82) is 5.26 Å². The third kappa shape index (κ3) is 2.29. The SMILES string of the molecule is N#Cc1cnc(-c2c[nH]c3ncc(C(F)(F)F)cc23)nc1. The number of halogens is 3. The zero-order valence-corrected chi connectivity index (χ0v) is 10.3. The van der Waals surface area contributed by atoms with Crippen LogP contribution in [0.25, 0.3) is 22.4 Å². The van der Waals surface area contributed by atoms with E-state index in [9.17, 15) is 13.2 Å². The van der Waals surface area contributed by atoms with Crippen molar-refractivity contribution < 1.29 is 13.2 Å². The summed E-state index contributed by atoms with van der Waals surface area (Å²) in [5.41, 5.74) is 0.135. The molecule has 0 unspecified atom stereocenters. The molecule has 0 aliphatic carbocycles. The third-order valence-electron chi connectivity index (χ3n) is 2.88. The minimum absolute atomic E-state index is 0.223. The predicted molar refractivity (Wildman–Crippen MR) is 66.8 cm³/mol. The Morgan fingerprint density at radius 2 is 1.81 bits per heavy atom. The van der Waals surface area contributed by atoms with Crippen LogP contribution in [0.3, 0.4) is 0 Å². The van der Waals surface area contributed by atoms with Crippen LogP contribution in [-0.4, -0.2) is 19.9 Å². The number of H-pyrrole nitrogens is 1. The summed E-state index contributed by atoms with van der Waals surface area (Å²) in [6.07, 6.45) is 0.396. The van der Waals surface area contributed by atoms with E-state index in [0.29, 0.717) is 11.2 Å². The molecule has 104 valence electrons. The van der Waals surface area contributed by atoms with Crippen molar-refractivity contribution >= 4 is 11.0 Å². The molecule has 3 rings (SSSR count).